The third-order valence-corrected chi connectivity index (χ3v) is 3.45. The van der Waals surface area contributed by atoms with Gasteiger partial charge in [0.25, 0.3) is 0 Å². The zero-order chi connectivity index (χ0) is 13.4. The van der Waals surface area contributed by atoms with Crippen molar-refractivity contribution >= 4 is 27.5 Å². The molecule has 0 spiro atoms. The fraction of sp³-hybridized carbons (Fsp3) is 0.182. The molecule has 3 heterocycles. The van der Waals surface area contributed by atoms with Gasteiger partial charge in [-0.15, -0.1) is 11.3 Å². The molecule has 0 aromatic carbocycles. The van der Waals surface area contributed by atoms with Gasteiger partial charge in [0.1, 0.15) is 4.83 Å². The topological polar surface area (TPSA) is 90.9 Å². The molecule has 0 aliphatic heterocycles. The maximum atomic E-state index is 5.74. The monoisotopic (exact) mass is 276 g/mol. The predicted molar refractivity (Wildman–Crippen MR) is 73.2 cm³/mol. The minimum atomic E-state index is 0.327. The van der Waals surface area contributed by atoms with Crippen molar-refractivity contribution < 1.29 is 4.74 Å². The third-order valence-electron chi connectivity index (χ3n) is 2.51. The van der Waals surface area contributed by atoms with Gasteiger partial charge in [-0.2, -0.15) is 10.1 Å². The minimum absolute atomic E-state index is 0.327. The first kappa shape index (κ1) is 11.9. The van der Waals surface area contributed by atoms with Gasteiger partial charge in [-0.05, 0) is 13.0 Å². The number of thiophene rings is 1. The van der Waals surface area contributed by atoms with Crippen molar-refractivity contribution in [2.45, 2.75) is 6.92 Å². The molecule has 0 fully saturated rings. The summed E-state index contributed by atoms with van der Waals surface area (Å²) in [6, 6.07) is 1.99. The molecule has 0 atom stereocenters. The smallest absolute Gasteiger partial charge is 0.241 e. The Kier molecular flexibility index (Phi) is 2.80. The van der Waals surface area contributed by atoms with Crippen LogP contribution in [-0.2, 0) is 7.05 Å². The molecular formula is C11H12N6OS. The lowest BCUT2D eigenvalue weighted by molar-refractivity contribution is 0.468. The zero-order valence-electron chi connectivity index (χ0n) is 10.4. The van der Waals surface area contributed by atoms with Gasteiger partial charge in [-0.3, -0.25) is 10.1 Å². The van der Waals surface area contributed by atoms with Gasteiger partial charge in [0.15, 0.2) is 5.75 Å². The maximum absolute atomic E-state index is 5.74. The van der Waals surface area contributed by atoms with E-state index in [1.165, 1.54) is 0 Å². The maximum Gasteiger partial charge on any atom is 0.241 e. The Bertz CT molecular complexity index is 734. The largest absolute Gasteiger partial charge is 0.435 e. The number of aryl methyl sites for hydroxylation is 2. The van der Waals surface area contributed by atoms with Gasteiger partial charge >= 0.3 is 0 Å². The SMILES string of the molecule is Cc1cc2c(Oc3cnn(C)c3)nc(NN)nc2s1. The molecule has 0 unspecified atom stereocenters. The Hall–Kier alpha value is -2.19. The number of rotatable bonds is 3. The molecule has 0 bridgehead atoms. The van der Waals surface area contributed by atoms with Crippen molar-refractivity contribution in [3.05, 3.63) is 23.3 Å². The zero-order valence-corrected chi connectivity index (χ0v) is 11.2. The summed E-state index contributed by atoms with van der Waals surface area (Å²) in [5, 5.41) is 4.92. The first-order chi connectivity index (χ1) is 9.15. The lowest BCUT2D eigenvalue weighted by atomic mass is 10.3. The van der Waals surface area contributed by atoms with Crippen LogP contribution in [0.25, 0.3) is 10.2 Å². The molecule has 0 saturated heterocycles. The molecule has 0 radical (unpaired) electrons. The average molecular weight is 276 g/mol. The molecule has 3 N–H and O–H groups in total. The van der Waals surface area contributed by atoms with Crippen molar-refractivity contribution in [3.8, 4) is 11.6 Å². The number of nitrogens with zero attached hydrogens (tertiary/aromatic N) is 4. The number of fused-ring (bicyclic) bond motifs is 1. The number of aromatic nitrogens is 4. The molecular weight excluding hydrogens is 264 g/mol. The van der Waals surface area contributed by atoms with E-state index in [2.05, 4.69) is 20.5 Å². The Labute approximate surface area is 113 Å². The highest BCUT2D eigenvalue weighted by Gasteiger charge is 2.12. The Morgan fingerprint density at radius 3 is 2.95 bits per heavy atom. The fourth-order valence-corrected chi connectivity index (χ4v) is 2.59. The van der Waals surface area contributed by atoms with Crippen molar-refractivity contribution in [2.75, 3.05) is 5.43 Å². The summed E-state index contributed by atoms with van der Waals surface area (Å²) in [6.45, 7) is 2.01. The molecule has 7 nitrogen and oxygen atoms in total. The first-order valence-corrected chi connectivity index (χ1v) is 6.38. The van der Waals surface area contributed by atoms with Gasteiger partial charge in [-0.1, -0.05) is 0 Å². The normalized spacial score (nSPS) is 10.9. The van der Waals surface area contributed by atoms with Crippen molar-refractivity contribution in [2.24, 2.45) is 12.9 Å². The quantitative estimate of drug-likeness (QED) is 0.560. The number of hydrazine groups is 1. The number of nitrogens with one attached hydrogen (secondary N) is 1. The van der Waals surface area contributed by atoms with E-state index in [1.54, 1.807) is 28.4 Å². The van der Waals surface area contributed by atoms with E-state index in [9.17, 15) is 0 Å². The summed E-state index contributed by atoms with van der Waals surface area (Å²) in [4.78, 5) is 10.5. The van der Waals surface area contributed by atoms with Gasteiger partial charge in [-0.25, -0.2) is 10.8 Å². The second-order valence-electron chi connectivity index (χ2n) is 4.02. The standard InChI is InChI=1S/C11H12N6OS/c1-6-3-8-9(18-7-4-13-17(2)5-7)14-11(16-12)15-10(8)19-6/h3-5H,12H2,1-2H3,(H,14,15,16). The summed E-state index contributed by atoms with van der Waals surface area (Å²) in [5.41, 5.74) is 2.44. The second-order valence-corrected chi connectivity index (χ2v) is 5.26. The molecule has 3 rings (SSSR count). The van der Waals surface area contributed by atoms with Crippen molar-refractivity contribution in [1.82, 2.24) is 19.7 Å². The number of hydrogen-bond acceptors (Lipinski definition) is 7. The van der Waals surface area contributed by atoms with Gasteiger partial charge in [0.05, 0.1) is 17.8 Å². The van der Waals surface area contributed by atoms with E-state index in [0.717, 1.165) is 15.1 Å². The highest BCUT2D eigenvalue weighted by atomic mass is 32.1. The van der Waals surface area contributed by atoms with Crippen LogP contribution in [0.4, 0.5) is 5.95 Å². The minimum Gasteiger partial charge on any atom is -0.435 e. The highest BCUT2D eigenvalue weighted by molar-refractivity contribution is 7.18. The molecule has 0 amide bonds. The average Bonchev–Trinajstić information content (AvgIpc) is 2.94. The van der Waals surface area contributed by atoms with E-state index in [0.29, 0.717) is 17.6 Å². The molecule has 3 aromatic rings. The van der Waals surface area contributed by atoms with Crippen LogP contribution in [-0.4, -0.2) is 19.7 Å². The number of anilines is 1. The highest BCUT2D eigenvalue weighted by Crippen LogP contribution is 2.33. The summed E-state index contributed by atoms with van der Waals surface area (Å²) >= 11 is 1.56. The van der Waals surface area contributed by atoms with E-state index in [1.807, 2.05) is 20.0 Å². The predicted octanol–water partition coefficient (Wildman–Crippen LogP) is 1.81. The van der Waals surface area contributed by atoms with Crippen LogP contribution in [0.3, 0.4) is 0 Å². The van der Waals surface area contributed by atoms with Crippen molar-refractivity contribution in [1.29, 1.82) is 0 Å². The van der Waals surface area contributed by atoms with Crippen LogP contribution in [0.5, 0.6) is 11.6 Å². The van der Waals surface area contributed by atoms with Gasteiger partial charge in [0, 0.05) is 11.9 Å². The fourth-order valence-electron chi connectivity index (χ4n) is 1.72. The van der Waals surface area contributed by atoms with E-state index >= 15 is 0 Å². The van der Waals surface area contributed by atoms with Gasteiger partial charge in [0.2, 0.25) is 11.8 Å². The number of nitrogen functional groups attached to an aromatic ring is 1. The lowest BCUT2D eigenvalue weighted by Gasteiger charge is -2.05. The summed E-state index contributed by atoms with van der Waals surface area (Å²) in [7, 11) is 1.82. The molecule has 98 valence electrons. The number of nitrogens with two attached hydrogens (primary N) is 1. The molecule has 19 heavy (non-hydrogen) atoms. The molecule has 8 heteroatoms. The molecule has 0 aliphatic carbocycles. The van der Waals surface area contributed by atoms with E-state index in [-0.39, 0.29) is 0 Å². The number of ether oxygens (including phenoxy) is 1. The Morgan fingerprint density at radius 2 is 2.26 bits per heavy atom. The molecule has 0 saturated carbocycles. The summed E-state index contributed by atoms with van der Waals surface area (Å²) < 4.78 is 7.41. The summed E-state index contributed by atoms with van der Waals surface area (Å²) in [6.07, 6.45) is 3.39. The van der Waals surface area contributed by atoms with E-state index < -0.39 is 0 Å². The summed E-state index contributed by atoms with van der Waals surface area (Å²) in [5.74, 6) is 6.79. The van der Waals surface area contributed by atoms with Crippen LogP contribution in [0.1, 0.15) is 4.88 Å². The third kappa shape index (κ3) is 2.23. The Balaban J connectivity index is 2.09. The van der Waals surface area contributed by atoms with Gasteiger partial charge < -0.3 is 4.74 Å². The van der Waals surface area contributed by atoms with Crippen LogP contribution < -0.4 is 16.0 Å². The lowest BCUT2D eigenvalue weighted by Crippen LogP contribution is -2.10. The van der Waals surface area contributed by atoms with Crippen LogP contribution >= 0.6 is 11.3 Å². The Morgan fingerprint density at radius 1 is 1.42 bits per heavy atom. The van der Waals surface area contributed by atoms with Crippen LogP contribution in [0.2, 0.25) is 0 Å². The van der Waals surface area contributed by atoms with Crippen LogP contribution in [0.15, 0.2) is 18.5 Å². The first-order valence-electron chi connectivity index (χ1n) is 5.57. The number of hydrogen-bond donors (Lipinski definition) is 2. The molecule has 3 aromatic heterocycles. The van der Waals surface area contributed by atoms with E-state index in [4.69, 9.17) is 10.6 Å². The molecule has 0 aliphatic rings. The second kappa shape index (κ2) is 4.48. The van der Waals surface area contributed by atoms with Crippen LogP contribution in [0, 0.1) is 6.92 Å². The van der Waals surface area contributed by atoms with Crippen molar-refractivity contribution in [3.63, 3.8) is 0 Å².